The first-order valence-electron chi connectivity index (χ1n) is 10.5. The van der Waals surface area contributed by atoms with Gasteiger partial charge in [0.05, 0.1) is 0 Å². The molecule has 2 aromatic carbocycles. The molecule has 1 fully saturated rings. The van der Waals surface area contributed by atoms with Crippen molar-refractivity contribution in [1.29, 1.82) is 0 Å². The molecule has 0 radical (unpaired) electrons. The summed E-state index contributed by atoms with van der Waals surface area (Å²) in [5, 5.41) is 6.16. The first-order valence-corrected chi connectivity index (χ1v) is 10.5. The van der Waals surface area contributed by atoms with Crippen molar-refractivity contribution in [2.24, 2.45) is 10.9 Å². The Kier molecular flexibility index (Phi) is 9.62. The van der Waals surface area contributed by atoms with Crippen molar-refractivity contribution in [2.45, 2.75) is 32.2 Å². The number of hydrogen-bond acceptors (Lipinski definition) is 2. The Morgan fingerprint density at radius 1 is 1.17 bits per heavy atom. The normalized spacial score (nSPS) is 19.0. The van der Waals surface area contributed by atoms with Crippen LogP contribution in [-0.2, 0) is 6.54 Å². The van der Waals surface area contributed by atoms with Crippen LogP contribution in [0.4, 0.5) is 0 Å². The second-order valence-corrected chi connectivity index (χ2v) is 7.60. The Bertz CT molecular complexity index is 840. The van der Waals surface area contributed by atoms with Crippen LogP contribution in [0.3, 0.4) is 0 Å². The van der Waals surface area contributed by atoms with Gasteiger partial charge in [0.2, 0.25) is 0 Å². The Morgan fingerprint density at radius 2 is 1.93 bits per heavy atom. The molecule has 6 heteroatoms. The van der Waals surface area contributed by atoms with Crippen molar-refractivity contribution in [3.63, 3.8) is 0 Å². The largest absolute Gasteiger partial charge is 0.355 e. The Morgan fingerprint density at radius 3 is 2.60 bits per heavy atom. The zero-order valence-electron chi connectivity index (χ0n) is 18.1. The van der Waals surface area contributed by atoms with Crippen LogP contribution in [0.5, 0.6) is 0 Å². The Balaban J connectivity index is 0.00000320. The van der Waals surface area contributed by atoms with Crippen LogP contribution in [-0.4, -0.2) is 44.0 Å². The predicted octanol–water partition coefficient (Wildman–Crippen LogP) is 4.26. The van der Waals surface area contributed by atoms with Gasteiger partial charge >= 0.3 is 0 Å². The maximum absolute atomic E-state index is 11.9. The zero-order chi connectivity index (χ0) is 20.6. The number of guanidine groups is 1. The summed E-state index contributed by atoms with van der Waals surface area (Å²) in [6, 6.07) is 18.6. The first kappa shape index (κ1) is 24.2. The number of likely N-dealkylation sites (tertiary alicyclic amines) is 1. The zero-order valence-corrected chi connectivity index (χ0v) is 20.4. The molecule has 30 heavy (non-hydrogen) atoms. The third-order valence-corrected chi connectivity index (χ3v) is 5.86. The topological polar surface area (TPSA) is 56.7 Å². The number of benzene rings is 2. The Labute approximate surface area is 197 Å². The molecular formula is C24H33IN4O. The van der Waals surface area contributed by atoms with Gasteiger partial charge in [-0.25, -0.2) is 0 Å². The van der Waals surface area contributed by atoms with Crippen molar-refractivity contribution < 1.29 is 4.79 Å². The molecule has 2 unspecified atom stereocenters. The SMILES string of the molecule is CCC1CN(C(=NC)NCc2cccc(C(=O)NC)c2)CCC1c1ccccc1.I. The number of rotatable bonds is 5. The minimum atomic E-state index is -0.0648. The molecule has 1 saturated heterocycles. The van der Waals surface area contributed by atoms with Gasteiger partial charge in [-0.1, -0.05) is 55.8 Å². The summed E-state index contributed by atoms with van der Waals surface area (Å²) in [6.07, 6.45) is 2.29. The van der Waals surface area contributed by atoms with Crippen LogP contribution in [0, 0.1) is 5.92 Å². The van der Waals surface area contributed by atoms with Crippen molar-refractivity contribution in [2.75, 3.05) is 27.2 Å². The molecule has 1 aliphatic heterocycles. The number of carbonyl (C=O) groups is 1. The highest BCUT2D eigenvalue weighted by atomic mass is 127. The number of piperidine rings is 1. The summed E-state index contributed by atoms with van der Waals surface area (Å²) in [5.41, 5.74) is 3.20. The molecule has 1 heterocycles. The van der Waals surface area contributed by atoms with E-state index in [2.05, 4.69) is 57.8 Å². The van der Waals surface area contributed by atoms with E-state index in [0.717, 1.165) is 37.5 Å². The van der Waals surface area contributed by atoms with E-state index < -0.39 is 0 Å². The van der Waals surface area contributed by atoms with Gasteiger partial charge in [-0.15, -0.1) is 24.0 Å². The summed E-state index contributed by atoms with van der Waals surface area (Å²) in [7, 11) is 3.49. The monoisotopic (exact) mass is 520 g/mol. The van der Waals surface area contributed by atoms with E-state index in [4.69, 9.17) is 0 Å². The van der Waals surface area contributed by atoms with Crippen molar-refractivity contribution in [1.82, 2.24) is 15.5 Å². The third kappa shape index (κ3) is 5.97. The lowest BCUT2D eigenvalue weighted by atomic mass is 9.79. The number of carbonyl (C=O) groups excluding carboxylic acids is 1. The number of hydrogen-bond donors (Lipinski definition) is 2. The van der Waals surface area contributed by atoms with Crippen LogP contribution >= 0.6 is 24.0 Å². The minimum absolute atomic E-state index is 0. The van der Waals surface area contributed by atoms with Gasteiger partial charge in [-0.2, -0.15) is 0 Å². The van der Waals surface area contributed by atoms with E-state index in [1.807, 2.05) is 31.3 Å². The molecule has 1 amide bonds. The number of halogens is 1. The van der Waals surface area contributed by atoms with Crippen LogP contribution in [0.25, 0.3) is 0 Å². The number of aliphatic imine (C=N–C) groups is 1. The molecule has 2 atom stereocenters. The fourth-order valence-corrected chi connectivity index (χ4v) is 4.26. The number of amides is 1. The summed E-state index contributed by atoms with van der Waals surface area (Å²) in [4.78, 5) is 18.8. The lowest BCUT2D eigenvalue weighted by Crippen LogP contribution is -2.48. The third-order valence-electron chi connectivity index (χ3n) is 5.86. The Hall–Kier alpha value is -2.09. The van der Waals surface area contributed by atoms with Gasteiger partial charge in [0.1, 0.15) is 0 Å². The van der Waals surface area contributed by atoms with Crippen LogP contribution in [0.2, 0.25) is 0 Å². The molecule has 3 rings (SSSR count). The summed E-state index contributed by atoms with van der Waals surface area (Å²) in [5.74, 6) is 2.09. The molecule has 162 valence electrons. The van der Waals surface area contributed by atoms with E-state index in [0.29, 0.717) is 23.9 Å². The average Bonchev–Trinajstić information content (AvgIpc) is 2.79. The van der Waals surface area contributed by atoms with Crippen molar-refractivity contribution in [3.8, 4) is 0 Å². The van der Waals surface area contributed by atoms with Gasteiger partial charge in [-0.3, -0.25) is 9.79 Å². The second-order valence-electron chi connectivity index (χ2n) is 7.60. The highest BCUT2D eigenvalue weighted by Gasteiger charge is 2.30. The standard InChI is InChI=1S/C24H32N4O.HI/c1-4-19-17-28(14-13-22(19)20-10-6-5-7-11-20)24(26-3)27-16-18-9-8-12-21(15-18)23(29)25-2;/h5-12,15,19,22H,4,13-14,16-17H2,1-3H3,(H,25,29)(H,26,27);1H. The molecule has 1 aliphatic rings. The van der Waals surface area contributed by atoms with Crippen LogP contribution in [0.15, 0.2) is 59.6 Å². The maximum atomic E-state index is 11.9. The van der Waals surface area contributed by atoms with E-state index in [9.17, 15) is 4.79 Å². The fourth-order valence-electron chi connectivity index (χ4n) is 4.26. The average molecular weight is 520 g/mol. The molecule has 2 N–H and O–H groups in total. The summed E-state index contributed by atoms with van der Waals surface area (Å²) in [6.45, 7) is 4.93. The van der Waals surface area contributed by atoms with Gasteiger partial charge in [0.25, 0.3) is 5.91 Å². The smallest absolute Gasteiger partial charge is 0.251 e. The first-order chi connectivity index (χ1) is 14.2. The quantitative estimate of drug-likeness (QED) is 0.352. The predicted molar refractivity (Wildman–Crippen MR) is 135 cm³/mol. The fraction of sp³-hybridized carbons (Fsp3) is 0.417. The molecule has 5 nitrogen and oxygen atoms in total. The van der Waals surface area contributed by atoms with E-state index in [1.165, 1.54) is 5.56 Å². The molecule has 0 aliphatic carbocycles. The van der Waals surface area contributed by atoms with E-state index in [1.54, 1.807) is 7.05 Å². The van der Waals surface area contributed by atoms with Crippen molar-refractivity contribution in [3.05, 3.63) is 71.3 Å². The van der Waals surface area contributed by atoms with Crippen LogP contribution in [0.1, 0.15) is 47.2 Å². The molecule has 0 bridgehead atoms. The highest BCUT2D eigenvalue weighted by Crippen LogP contribution is 2.34. The summed E-state index contributed by atoms with van der Waals surface area (Å²) >= 11 is 0. The molecule has 2 aromatic rings. The van der Waals surface area contributed by atoms with Crippen molar-refractivity contribution >= 4 is 35.8 Å². The molecular weight excluding hydrogens is 487 g/mol. The van der Waals surface area contributed by atoms with Gasteiger partial charge in [0, 0.05) is 39.3 Å². The molecule has 0 spiro atoms. The molecule has 0 aromatic heterocycles. The minimum Gasteiger partial charge on any atom is -0.355 e. The van der Waals surface area contributed by atoms with Gasteiger partial charge < -0.3 is 15.5 Å². The van der Waals surface area contributed by atoms with Gasteiger partial charge in [0.15, 0.2) is 5.96 Å². The second kappa shape index (κ2) is 11.9. The maximum Gasteiger partial charge on any atom is 0.251 e. The number of nitrogens with zero attached hydrogens (tertiary/aromatic N) is 2. The lowest BCUT2D eigenvalue weighted by molar-refractivity contribution is 0.0963. The number of nitrogens with one attached hydrogen (secondary N) is 2. The van der Waals surface area contributed by atoms with Gasteiger partial charge in [-0.05, 0) is 41.5 Å². The van der Waals surface area contributed by atoms with E-state index >= 15 is 0 Å². The van der Waals surface area contributed by atoms with Crippen LogP contribution < -0.4 is 10.6 Å². The highest BCUT2D eigenvalue weighted by molar-refractivity contribution is 14.0. The lowest BCUT2D eigenvalue weighted by Gasteiger charge is -2.40. The molecule has 0 saturated carbocycles. The summed E-state index contributed by atoms with van der Waals surface area (Å²) < 4.78 is 0. The van der Waals surface area contributed by atoms with E-state index in [-0.39, 0.29) is 29.9 Å².